The molecule has 1 aliphatic heterocycles. The third kappa shape index (κ3) is 2.46. The number of hydrogen-bond acceptors (Lipinski definition) is 5. The van der Waals surface area contributed by atoms with E-state index in [1.165, 1.54) is 0 Å². The van der Waals surface area contributed by atoms with Crippen LogP contribution in [0.15, 0.2) is 0 Å². The van der Waals surface area contributed by atoms with Crippen LogP contribution in [0, 0.1) is 6.92 Å². The van der Waals surface area contributed by atoms with Crippen molar-refractivity contribution in [3.05, 3.63) is 11.4 Å². The molecular formula is C11H18N4O2. The average Bonchev–Trinajstić information content (AvgIpc) is 2.73. The second kappa shape index (κ2) is 5.27. The summed E-state index contributed by atoms with van der Waals surface area (Å²) >= 11 is 0. The van der Waals surface area contributed by atoms with Crippen molar-refractivity contribution in [1.29, 1.82) is 0 Å². The lowest BCUT2D eigenvalue weighted by Crippen LogP contribution is -2.33. The van der Waals surface area contributed by atoms with E-state index >= 15 is 0 Å². The van der Waals surface area contributed by atoms with Crippen LogP contribution in [0.2, 0.25) is 0 Å². The van der Waals surface area contributed by atoms with Crippen LogP contribution in [-0.4, -0.2) is 40.7 Å². The summed E-state index contributed by atoms with van der Waals surface area (Å²) in [6, 6.07) is 0.198. The Kier molecular flexibility index (Phi) is 3.73. The average molecular weight is 238 g/mol. The van der Waals surface area contributed by atoms with Gasteiger partial charge >= 0.3 is 5.97 Å². The molecule has 0 radical (unpaired) electrons. The molecular weight excluding hydrogens is 220 g/mol. The molecule has 2 rings (SSSR count). The molecule has 1 aliphatic rings. The first-order valence-electron chi connectivity index (χ1n) is 6.03. The van der Waals surface area contributed by atoms with Crippen LogP contribution in [0.5, 0.6) is 0 Å². The lowest BCUT2D eigenvalue weighted by molar-refractivity contribution is 0.0506. The van der Waals surface area contributed by atoms with E-state index in [4.69, 9.17) is 4.74 Å². The Hall–Kier alpha value is -1.43. The van der Waals surface area contributed by atoms with Crippen molar-refractivity contribution in [3.63, 3.8) is 0 Å². The number of hydrogen-bond donors (Lipinski definition) is 1. The van der Waals surface area contributed by atoms with Crippen LogP contribution in [0.1, 0.15) is 42.0 Å². The van der Waals surface area contributed by atoms with Crippen LogP contribution in [0.3, 0.4) is 0 Å². The van der Waals surface area contributed by atoms with Crippen LogP contribution in [0.25, 0.3) is 0 Å². The summed E-state index contributed by atoms with van der Waals surface area (Å²) in [6.45, 7) is 5.80. The first-order chi connectivity index (χ1) is 8.24. The molecule has 0 bridgehead atoms. The summed E-state index contributed by atoms with van der Waals surface area (Å²) in [6.07, 6.45) is 2.11. The Bertz CT molecular complexity index is 396. The van der Waals surface area contributed by atoms with Gasteiger partial charge in [0.15, 0.2) is 5.69 Å². The van der Waals surface area contributed by atoms with Crippen molar-refractivity contribution in [2.75, 3.05) is 19.7 Å². The van der Waals surface area contributed by atoms with E-state index in [1.807, 2.05) is 0 Å². The first kappa shape index (κ1) is 12.0. The number of rotatable bonds is 3. The van der Waals surface area contributed by atoms with Gasteiger partial charge in [-0.05, 0) is 33.2 Å². The smallest absolute Gasteiger partial charge is 0.358 e. The monoisotopic (exact) mass is 238 g/mol. The van der Waals surface area contributed by atoms with E-state index in [2.05, 4.69) is 15.6 Å². The normalized spacial score (nSPS) is 20.2. The Balaban J connectivity index is 2.24. The van der Waals surface area contributed by atoms with Crippen molar-refractivity contribution < 1.29 is 9.53 Å². The topological polar surface area (TPSA) is 69.0 Å². The fourth-order valence-corrected chi connectivity index (χ4v) is 2.11. The largest absolute Gasteiger partial charge is 0.461 e. The minimum absolute atomic E-state index is 0.198. The molecule has 1 saturated heterocycles. The quantitative estimate of drug-likeness (QED) is 0.784. The highest BCUT2D eigenvalue weighted by atomic mass is 16.5. The van der Waals surface area contributed by atoms with Crippen LogP contribution < -0.4 is 5.32 Å². The predicted molar refractivity (Wildman–Crippen MR) is 61.9 cm³/mol. The fraction of sp³-hybridized carbons (Fsp3) is 0.727. The van der Waals surface area contributed by atoms with Gasteiger partial charge in [-0.1, -0.05) is 5.21 Å². The highest BCUT2D eigenvalue weighted by Gasteiger charge is 2.25. The standard InChI is InChI=1S/C11H18N4O2/c1-3-17-11(16)10-8(2)13-14-15(10)9-5-4-6-12-7-9/h9,12H,3-7H2,1-2H3. The van der Waals surface area contributed by atoms with Crippen LogP contribution in [0.4, 0.5) is 0 Å². The Morgan fingerprint density at radius 2 is 2.47 bits per heavy atom. The van der Waals surface area contributed by atoms with Gasteiger partial charge in [0.1, 0.15) is 0 Å². The van der Waals surface area contributed by atoms with Crippen molar-refractivity contribution >= 4 is 5.97 Å². The van der Waals surface area contributed by atoms with Crippen molar-refractivity contribution in [3.8, 4) is 0 Å². The predicted octanol–water partition coefficient (Wildman–Crippen LogP) is 0.688. The molecule has 0 spiro atoms. The van der Waals surface area contributed by atoms with Gasteiger partial charge in [0, 0.05) is 6.54 Å². The van der Waals surface area contributed by atoms with Gasteiger partial charge in [-0.25, -0.2) is 9.48 Å². The molecule has 0 aliphatic carbocycles. The molecule has 6 heteroatoms. The van der Waals surface area contributed by atoms with Gasteiger partial charge in [-0.15, -0.1) is 5.10 Å². The lowest BCUT2D eigenvalue weighted by Gasteiger charge is -2.23. The number of piperidine rings is 1. The van der Waals surface area contributed by atoms with E-state index in [0.717, 1.165) is 25.9 Å². The maximum atomic E-state index is 11.8. The first-order valence-corrected chi connectivity index (χ1v) is 6.03. The molecule has 1 unspecified atom stereocenters. The Labute approximate surface area is 100 Å². The minimum Gasteiger partial charge on any atom is -0.461 e. The van der Waals surface area contributed by atoms with Crippen molar-refractivity contribution in [1.82, 2.24) is 20.3 Å². The van der Waals surface area contributed by atoms with E-state index in [1.54, 1.807) is 18.5 Å². The van der Waals surface area contributed by atoms with Gasteiger partial charge in [-0.3, -0.25) is 0 Å². The second-order valence-corrected chi connectivity index (χ2v) is 4.19. The molecule has 1 aromatic heterocycles. The number of aromatic nitrogens is 3. The Morgan fingerprint density at radius 1 is 1.65 bits per heavy atom. The van der Waals surface area contributed by atoms with Gasteiger partial charge in [-0.2, -0.15) is 0 Å². The maximum Gasteiger partial charge on any atom is 0.358 e. The second-order valence-electron chi connectivity index (χ2n) is 4.19. The SMILES string of the molecule is CCOC(=O)c1c(C)nnn1C1CCCNC1. The molecule has 1 aromatic rings. The molecule has 94 valence electrons. The highest BCUT2D eigenvalue weighted by molar-refractivity contribution is 5.88. The lowest BCUT2D eigenvalue weighted by atomic mass is 10.1. The summed E-state index contributed by atoms with van der Waals surface area (Å²) in [5.74, 6) is -0.333. The highest BCUT2D eigenvalue weighted by Crippen LogP contribution is 2.19. The van der Waals surface area contributed by atoms with E-state index < -0.39 is 0 Å². The zero-order valence-electron chi connectivity index (χ0n) is 10.3. The summed E-state index contributed by atoms with van der Waals surface area (Å²) in [4.78, 5) is 11.8. The molecule has 17 heavy (non-hydrogen) atoms. The number of ether oxygens (including phenoxy) is 1. The van der Waals surface area contributed by atoms with Gasteiger partial charge in [0.2, 0.25) is 0 Å². The summed E-state index contributed by atoms with van der Waals surface area (Å²) in [5.41, 5.74) is 1.12. The van der Waals surface area contributed by atoms with E-state index in [-0.39, 0.29) is 12.0 Å². The molecule has 6 nitrogen and oxygen atoms in total. The number of carbonyl (C=O) groups is 1. The minimum atomic E-state index is -0.333. The molecule has 0 aromatic carbocycles. The van der Waals surface area contributed by atoms with Gasteiger partial charge in [0.25, 0.3) is 0 Å². The molecule has 1 fully saturated rings. The van der Waals surface area contributed by atoms with Crippen LogP contribution in [-0.2, 0) is 4.74 Å². The zero-order chi connectivity index (χ0) is 12.3. The van der Waals surface area contributed by atoms with Crippen LogP contribution >= 0.6 is 0 Å². The maximum absolute atomic E-state index is 11.8. The fourth-order valence-electron chi connectivity index (χ4n) is 2.11. The van der Waals surface area contributed by atoms with Gasteiger partial charge < -0.3 is 10.1 Å². The van der Waals surface area contributed by atoms with Gasteiger partial charge in [0.05, 0.1) is 18.3 Å². The third-order valence-electron chi connectivity index (χ3n) is 2.95. The third-order valence-corrected chi connectivity index (χ3v) is 2.95. The number of esters is 1. The molecule has 2 heterocycles. The summed E-state index contributed by atoms with van der Waals surface area (Å²) in [5, 5.41) is 11.3. The summed E-state index contributed by atoms with van der Waals surface area (Å²) < 4.78 is 6.75. The Morgan fingerprint density at radius 3 is 3.12 bits per heavy atom. The zero-order valence-corrected chi connectivity index (χ0v) is 10.3. The number of carbonyl (C=O) groups excluding carboxylic acids is 1. The van der Waals surface area contributed by atoms with E-state index in [9.17, 15) is 4.79 Å². The molecule has 0 amide bonds. The molecule has 0 saturated carbocycles. The molecule has 1 N–H and O–H groups in total. The number of nitrogens with one attached hydrogen (secondary N) is 1. The van der Waals surface area contributed by atoms with Crippen molar-refractivity contribution in [2.24, 2.45) is 0 Å². The van der Waals surface area contributed by atoms with Crippen molar-refractivity contribution in [2.45, 2.75) is 32.7 Å². The number of nitrogens with zero attached hydrogens (tertiary/aromatic N) is 3. The summed E-state index contributed by atoms with van der Waals surface area (Å²) in [7, 11) is 0. The molecule has 1 atom stereocenters. The van der Waals surface area contributed by atoms with E-state index in [0.29, 0.717) is 18.0 Å². The number of aryl methyl sites for hydroxylation is 1.